The number of nitrogen functional groups attached to an aromatic ring is 1. The van der Waals surface area contributed by atoms with Crippen LogP contribution in [-0.4, -0.2) is 14.5 Å². The Morgan fingerprint density at radius 3 is 2.52 bits per heavy atom. The molecule has 1 saturated carbocycles. The summed E-state index contributed by atoms with van der Waals surface area (Å²) in [7, 11) is -3.52. The second-order valence-corrected chi connectivity index (χ2v) is 7.93. The van der Waals surface area contributed by atoms with E-state index in [2.05, 4.69) is 11.6 Å². The third kappa shape index (κ3) is 4.34. The van der Waals surface area contributed by atoms with Gasteiger partial charge in [0.1, 0.15) is 0 Å². The maximum Gasteiger partial charge on any atom is 0.240 e. The number of sulfonamides is 1. The Hall–Kier alpha value is -0.780. The van der Waals surface area contributed by atoms with Crippen molar-refractivity contribution in [2.45, 2.75) is 56.4 Å². The fraction of sp³-hybridized carbons (Fsp3) is 0.600. The topological polar surface area (TPSA) is 72.2 Å². The second-order valence-electron chi connectivity index (χ2n) is 5.81. The van der Waals surface area contributed by atoms with Crippen LogP contribution in [0, 0.1) is 5.92 Å². The molecule has 0 aromatic heterocycles. The molecule has 0 heterocycles. The first kappa shape index (κ1) is 16.6. The van der Waals surface area contributed by atoms with Gasteiger partial charge in [-0.2, -0.15) is 0 Å². The number of hydrogen-bond donors (Lipinski definition) is 2. The highest BCUT2D eigenvalue weighted by Gasteiger charge is 2.25. The summed E-state index contributed by atoms with van der Waals surface area (Å²) in [6, 6.07) is 4.45. The van der Waals surface area contributed by atoms with E-state index in [4.69, 9.17) is 17.3 Å². The van der Waals surface area contributed by atoms with Gasteiger partial charge in [0, 0.05) is 6.04 Å². The van der Waals surface area contributed by atoms with E-state index in [1.165, 1.54) is 31.0 Å². The van der Waals surface area contributed by atoms with Gasteiger partial charge in [-0.05, 0) is 49.8 Å². The normalized spacial score (nSPS) is 23.1. The summed E-state index contributed by atoms with van der Waals surface area (Å²) in [5, 5.41) is 0.268. The number of benzene rings is 1. The highest BCUT2D eigenvalue weighted by Crippen LogP contribution is 2.29. The lowest BCUT2D eigenvalue weighted by Gasteiger charge is -2.28. The zero-order valence-electron chi connectivity index (χ0n) is 12.3. The van der Waals surface area contributed by atoms with Gasteiger partial charge in [0.15, 0.2) is 0 Å². The zero-order valence-corrected chi connectivity index (χ0v) is 13.9. The minimum Gasteiger partial charge on any atom is -0.398 e. The molecule has 2 rings (SSSR count). The maximum atomic E-state index is 12.4. The molecular weight excluding hydrogens is 308 g/mol. The summed E-state index contributed by atoms with van der Waals surface area (Å²) in [5.41, 5.74) is 6.00. The van der Waals surface area contributed by atoms with E-state index >= 15 is 0 Å². The van der Waals surface area contributed by atoms with Crippen molar-refractivity contribution < 1.29 is 8.42 Å². The quantitative estimate of drug-likeness (QED) is 0.811. The van der Waals surface area contributed by atoms with Crippen molar-refractivity contribution in [1.82, 2.24) is 4.72 Å². The maximum absolute atomic E-state index is 12.4. The molecule has 6 heteroatoms. The standard InChI is InChI=1S/C15H23ClN2O2S/c1-2-3-11-4-6-12(7-5-11)18-21(19,20)13-8-9-15(17)14(16)10-13/h8-12,18H,2-7,17H2,1H3. The molecule has 3 N–H and O–H groups in total. The largest absolute Gasteiger partial charge is 0.398 e. The van der Waals surface area contributed by atoms with Gasteiger partial charge in [0.05, 0.1) is 15.6 Å². The molecular formula is C15H23ClN2O2S. The lowest BCUT2D eigenvalue weighted by atomic mass is 9.84. The number of hydrogen-bond acceptors (Lipinski definition) is 3. The Morgan fingerprint density at radius 1 is 1.29 bits per heavy atom. The van der Waals surface area contributed by atoms with E-state index in [1.54, 1.807) is 0 Å². The Kier molecular flexibility index (Phi) is 5.52. The summed E-state index contributed by atoms with van der Waals surface area (Å²) < 4.78 is 27.5. The van der Waals surface area contributed by atoms with Gasteiger partial charge >= 0.3 is 0 Å². The van der Waals surface area contributed by atoms with Crippen molar-refractivity contribution in [1.29, 1.82) is 0 Å². The molecule has 1 aliphatic rings. The highest BCUT2D eigenvalue weighted by atomic mass is 35.5. The van der Waals surface area contributed by atoms with Crippen molar-refractivity contribution in [3.05, 3.63) is 23.2 Å². The van der Waals surface area contributed by atoms with Gasteiger partial charge in [-0.25, -0.2) is 13.1 Å². The SMILES string of the molecule is CCCC1CCC(NS(=O)(=O)c2ccc(N)c(Cl)c2)CC1. The van der Waals surface area contributed by atoms with E-state index in [0.717, 1.165) is 31.6 Å². The fourth-order valence-corrected chi connectivity index (χ4v) is 4.52. The first-order valence-corrected chi connectivity index (χ1v) is 9.36. The van der Waals surface area contributed by atoms with Crippen molar-refractivity contribution in [2.75, 3.05) is 5.73 Å². The third-order valence-electron chi connectivity index (χ3n) is 4.15. The average Bonchev–Trinajstić information content (AvgIpc) is 2.44. The smallest absolute Gasteiger partial charge is 0.240 e. The number of nitrogens with two attached hydrogens (primary N) is 1. The molecule has 1 fully saturated rings. The summed E-state index contributed by atoms with van der Waals surface area (Å²) in [4.78, 5) is 0.178. The highest BCUT2D eigenvalue weighted by molar-refractivity contribution is 7.89. The van der Waals surface area contributed by atoms with Crippen LogP contribution in [0.1, 0.15) is 45.4 Å². The Morgan fingerprint density at radius 2 is 1.95 bits per heavy atom. The molecule has 21 heavy (non-hydrogen) atoms. The number of rotatable bonds is 5. The van der Waals surface area contributed by atoms with E-state index < -0.39 is 10.0 Å². The summed E-state index contributed by atoms with van der Waals surface area (Å²) in [6.07, 6.45) is 6.46. The Balaban J connectivity index is 2.00. The predicted molar refractivity (Wildman–Crippen MR) is 86.8 cm³/mol. The van der Waals surface area contributed by atoms with Crippen LogP contribution in [-0.2, 0) is 10.0 Å². The molecule has 0 radical (unpaired) electrons. The minimum absolute atomic E-state index is 0.0273. The van der Waals surface area contributed by atoms with Crippen LogP contribution < -0.4 is 10.5 Å². The molecule has 1 aromatic carbocycles. The predicted octanol–water partition coefficient (Wildman–Crippen LogP) is 3.56. The average molecular weight is 331 g/mol. The molecule has 0 atom stereocenters. The molecule has 4 nitrogen and oxygen atoms in total. The van der Waals surface area contributed by atoms with E-state index in [-0.39, 0.29) is 16.0 Å². The molecule has 0 spiro atoms. The van der Waals surface area contributed by atoms with Gasteiger partial charge in [0.2, 0.25) is 10.0 Å². The van der Waals surface area contributed by atoms with Crippen molar-refractivity contribution in [2.24, 2.45) is 5.92 Å². The number of anilines is 1. The first-order chi connectivity index (χ1) is 9.92. The third-order valence-corrected chi connectivity index (χ3v) is 5.99. The van der Waals surface area contributed by atoms with Gasteiger partial charge in [-0.1, -0.05) is 31.4 Å². The summed E-state index contributed by atoms with van der Waals surface area (Å²) in [6.45, 7) is 2.19. The molecule has 0 unspecified atom stereocenters. The van der Waals surface area contributed by atoms with Crippen molar-refractivity contribution in [3.8, 4) is 0 Å². The fourth-order valence-electron chi connectivity index (χ4n) is 2.94. The van der Waals surface area contributed by atoms with E-state index in [9.17, 15) is 8.42 Å². The molecule has 1 aliphatic carbocycles. The lowest BCUT2D eigenvalue weighted by molar-refractivity contribution is 0.297. The van der Waals surface area contributed by atoms with Gasteiger partial charge in [-0.3, -0.25) is 0 Å². The second kappa shape index (κ2) is 6.99. The number of halogens is 1. The van der Waals surface area contributed by atoms with Crippen LogP contribution in [0.2, 0.25) is 5.02 Å². The molecule has 0 saturated heterocycles. The van der Waals surface area contributed by atoms with Crippen LogP contribution in [0.3, 0.4) is 0 Å². The van der Waals surface area contributed by atoms with Crippen LogP contribution in [0.25, 0.3) is 0 Å². The van der Waals surface area contributed by atoms with Gasteiger partial charge in [-0.15, -0.1) is 0 Å². The van der Waals surface area contributed by atoms with Crippen molar-refractivity contribution >= 4 is 27.3 Å². The van der Waals surface area contributed by atoms with Gasteiger partial charge < -0.3 is 5.73 Å². The Labute approximate surface area is 132 Å². The number of nitrogens with one attached hydrogen (secondary N) is 1. The lowest BCUT2D eigenvalue weighted by Crippen LogP contribution is -2.37. The van der Waals surface area contributed by atoms with Crippen LogP contribution in [0.5, 0.6) is 0 Å². The van der Waals surface area contributed by atoms with Crippen LogP contribution >= 0.6 is 11.6 Å². The molecule has 118 valence electrons. The monoisotopic (exact) mass is 330 g/mol. The first-order valence-electron chi connectivity index (χ1n) is 7.49. The van der Waals surface area contributed by atoms with E-state index in [0.29, 0.717) is 5.69 Å². The van der Waals surface area contributed by atoms with Crippen LogP contribution in [0.15, 0.2) is 23.1 Å². The van der Waals surface area contributed by atoms with E-state index in [1.807, 2.05) is 0 Å². The molecule has 0 aliphatic heterocycles. The minimum atomic E-state index is -3.52. The molecule has 0 amide bonds. The van der Waals surface area contributed by atoms with Crippen molar-refractivity contribution in [3.63, 3.8) is 0 Å². The summed E-state index contributed by atoms with van der Waals surface area (Å²) >= 11 is 5.90. The summed E-state index contributed by atoms with van der Waals surface area (Å²) in [5.74, 6) is 0.752. The van der Waals surface area contributed by atoms with Gasteiger partial charge in [0.25, 0.3) is 0 Å². The zero-order chi connectivity index (χ0) is 15.5. The Bertz CT molecular complexity index is 581. The molecule has 0 bridgehead atoms. The van der Waals surface area contributed by atoms with Crippen LogP contribution in [0.4, 0.5) is 5.69 Å². The molecule has 1 aromatic rings.